The summed E-state index contributed by atoms with van der Waals surface area (Å²) < 4.78 is 0. The number of hydrogen-bond donors (Lipinski definition) is 1. The van der Waals surface area contributed by atoms with Gasteiger partial charge in [-0.05, 0) is 80.3 Å². The van der Waals surface area contributed by atoms with Crippen LogP contribution < -0.4 is 0 Å². The van der Waals surface area contributed by atoms with Crippen LogP contribution in [0.1, 0.15) is 71.6 Å². The van der Waals surface area contributed by atoms with Crippen molar-refractivity contribution < 1.29 is 5.11 Å². The van der Waals surface area contributed by atoms with Crippen LogP contribution in [0.15, 0.2) is 0 Å². The molecular weight excluding hydrogens is 232 g/mol. The fourth-order valence-electron chi connectivity index (χ4n) is 3.71. The largest absolute Gasteiger partial charge is 0.388 e. The first kappa shape index (κ1) is 14.6. The first-order chi connectivity index (χ1) is 8.93. The molecule has 0 aromatic heterocycles. The van der Waals surface area contributed by atoms with Crippen molar-refractivity contribution in [1.29, 1.82) is 0 Å². The molecule has 0 bridgehead atoms. The van der Waals surface area contributed by atoms with Crippen LogP contribution in [-0.4, -0.2) is 5.11 Å². The van der Waals surface area contributed by atoms with Gasteiger partial charge in [0.15, 0.2) is 0 Å². The minimum absolute atomic E-state index is 0.277. The van der Waals surface area contributed by atoms with Gasteiger partial charge in [-0.2, -0.15) is 0 Å². The summed E-state index contributed by atoms with van der Waals surface area (Å²) >= 11 is 0. The van der Waals surface area contributed by atoms with Crippen molar-refractivity contribution in [3.05, 3.63) is 33.4 Å². The minimum Gasteiger partial charge on any atom is -0.388 e. The van der Waals surface area contributed by atoms with Crippen LogP contribution in [0.25, 0.3) is 0 Å². The molecule has 1 aliphatic rings. The number of rotatable bonds is 3. The number of benzene rings is 1. The summed E-state index contributed by atoms with van der Waals surface area (Å²) in [5.74, 6) is 0.732. The van der Waals surface area contributed by atoms with Gasteiger partial charge in [0.1, 0.15) is 0 Å². The van der Waals surface area contributed by atoms with Crippen molar-refractivity contribution in [3.63, 3.8) is 0 Å². The molecule has 19 heavy (non-hydrogen) atoms. The molecule has 0 spiro atoms. The third-order valence-corrected chi connectivity index (χ3v) is 5.42. The first-order valence-corrected chi connectivity index (χ1v) is 7.68. The Kier molecular flexibility index (Phi) is 4.35. The highest BCUT2D eigenvalue weighted by Crippen LogP contribution is 2.37. The predicted octanol–water partition coefficient (Wildman–Crippen LogP) is 4.84. The maximum absolute atomic E-state index is 10.7. The molecule has 1 aliphatic carbocycles. The predicted molar refractivity (Wildman–Crippen MR) is 81.7 cm³/mol. The Morgan fingerprint density at radius 2 is 1.26 bits per heavy atom. The van der Waals surface area contributed by atoms with Crippen molar-refractivity contribution in [1.82, 2.24) is 0 Å². The van der Waals surface area contributed by atoms with E-state index < -0.39 is 0 Å². The molecular formula is C18H28O. The van der Waals surface area contributed by atoms with Crippen LogP contribution in [-0.2, 0) is 0 Å². The van der Waals surface area contributed by atoms with E-state index in [0.29, 0.717) is 0 Å². The summed E-state index contributed by atoms with van der Waals surface area (Å²) in [6, 6.07) is 0. The van der Waals surface area contributed by atoms with Crippen LogP contribution in [0.4, 0.5) is 0 Å². The Balaban J connectivity index is 2.32. The highest BCUT2D eigenvalue weighted by Gasteiger charge is 2.23. The minimum atomic E-state index is -0.277. The second-order valence-electron chi connectivity index (χ2n) is 6.44. The van der Waals surface area contributed by atoms with Gasteiger partial charge in [-0.1, -0.05) is 25.7 Å². The molecule has 1 heteroatoms. The molecule has 1 N–H and O–H groups in total. The molecule has 1 fully saturated rings. The highest BCUT2D eigenvalue weighted by atomic mass is 16.3. The van der Waals surface area contributed by atoms with Crippen LogP contribution in [0.2, 0.25) is 0 Å². The van der Waals surface area contributed by atoms with Gasteiger partial charge in [0.05, 0.1) is 6.10 Å². The van der Waals surface area contributed by atoms with E-state index in [-0.39, 0.29) is 6.10 Å². The van der Waals surface area contributed by atoms with Gasteiger partial charge in [0.25, 0.3) is 0 Å². The van der Waals surface area contributed by atoms with Crippen LogP contribution in [0, 0.1) is 40.5 Å². The quantitative estimate of drug-likeness (QED) is 0.824. The second kappa shape index (κ2) is 5.66. The summed E-state index contributed by atoms with van der Waals surface area (Å²) in [5, 5.41) is 10.7. The maximum atomic E-state index is 10.7. The van der Waals surface area contributed by atoms with E-state index in [1.165, 1.54) is 59.1 Å². The fourth-order valence-corrected chi connectivity index (χ4v) is 3.71. The summed E-state index contributed by atoms with van der Waals surface area (Å²) in [6.07, 6.45) is 5.98. The monoisotopic (exact) mass is 260 g/mol. The van der Waals surface area contributed by atoms with Crippen molar-refractivity contribution >= 4 is 0 Å². The van der Waals surface area contributed by atoms with Gasteiger partial charge >= 0.3 is 0 Å². The number of hydrogen-bond acceptors (Lipinski definition) is 1. The van der Waals surface area contributed by atoms with E-state index in [9.17, 15) is 5.11 Å². The summed E-state index contributed by atoms with van der Waals surface area (Å²) in [7, 11) is 0. The van der Waals surface area contributed by atoms with Gasteiger partial charge in [0.2, 0.25) is 0 Å². The Hall–Kier alpha value is -0.820. The average Bonchev–Trinajstić information content (AvgIpc) is 2.87. The van der Waals surface area contributed by atoms with E-state index in [4.69, 9.17) is 0 Å². The van der Waals surface area contributed by atoms with Gasteiger partial charge < -0.3 is 5.11 Å². The topological polar surface area (TPSA) is 20.2 Å². The fraction of sp³-hybridized carbons (Fsp3) is 0.667. The lowest BCUT2D eigenvalue weighted by Gasteiger charge is -2.24. The van der Waals surface area contributed by atoms with Crippen molar-refractivity contribution in [3.8, 4) is 0 Å². The molecule has 1 nitrogen and oxygen atoms in total. The van der Waals surface area contributed by atoms with E-state index in [1.54, 1.807) is 0 Å². The summed E-state index contributed by atoms with van der Waals surface area (Å²) in [6.45, 7) is 10.9. The smallest absolute Gasteiger partial charge is 0.0798 e. The Morgan fingerprint density at radius 3 is 1.74 bits per heavy atom. The third-order valence-electron chi connectivity index (χ3n) is 5.42. The van der Waals surface area contributed by atoms with E-state index in [1.807, 2.05) is 0 Å². The third kappa shape index (κ3) is 2.72. The molecule has 0 heterocycles. The van der Waals surface area contributed by atoms with Crippen LogP contribution in [0.5, 0.6) is 0 Å². The second-order valence-corrected chi connectivity index (χ2v) is 6.44. The van der Waals surface area contributed by atoms with E-state index >= 15 is 0 Å². The van der Waals surface area contributed by atoms with Gasteiger partial charge in [-0.25, -0.2) is 0 Å². The molecule has 1 saturated carbocycles. The zero-order chi connectivity index (χ0) is 14.2. The molecule has 106 valence electrons. The zero-order valence-corrected chi connectivity index (χ0v) is 13.1. The van der Waals surface area contributed by atoms with E-state index in [0.717, 1.165) is 12.3 Å². The van der Waals surface area contributed by atoms with Gasteiger partial charge in [-0.3, -0.25) is 0 Å². The van der Waals surface area contributed by atoms with Crippen molar-refractivity contribution in [2.75, 3.05) is 0 Å². The summed E-state index contributed by atoms with van der Waals surface area (Å²) in [5.41, 5.74) is 7.88. The molecule has 1 aromatic rings. The van der Waals surface area contributed by atoms with Gasteiger partial charge in [-0.15, -0.1) is 0 Å². The number of aliphatic hydroxyl groups is 1. The highest BCUT2D eigenvalue weighted by molar-refractivity contribution is 5.50. The maximum Gasteiger partial charge on any atom is 0.0798 e. The Bertz CT molecular complexity index is 438. The van der Waals surface area contributed by atoms with Crippen molar-refractivity contribution in [2.45, 2.75) is 72.8 Å². The van der Waals surface area contributed by atoms with Crippen molar-refractivity contribution in [2.24, 2.45) is 5.92 Å². The van der Waals surface area contributed by atoms with Gasteiger partial charge in [0, 0.05) is 0 Å². The lowest BCUT2D eigenvalue weighted by atomic mass is 9.84. The molecule has 0 aliphatic heterocycles. The molecule has 0 radical (unpaired) electrons. The normalized spacial score (nSPS) is 18.0. The molecule has 0 amide bonds. The van der Waals surface area contributed by atoms with E-state index in [2.05, 4.69) is 34.6 Å². The first-order valence-electron chi connectivity index (χ1n) is 7.68. The van der Waals surface area contributed by atoms with Crippen LogP contribution in [0.3, 0.4) is 0 Å². The zero-order valence-electron chi connectivity index (χ0n) is 13.1. The lowest BCUT2D eigenvalue weighted by Crippen LogP contribution is -2.11. The Morgan fingerprint density at radius 1 is 0.842 bits per heavy atom. The van der Waals surface area contributed by atoms with Crippen LogP contribution >= 0.6 is 0 Å². The average molecular weight is 260 g/mol. The lowest BCUT2D eigenvalue weighted by molar-refractivity contribution is 0.143. The molecule has 1 unspecified atom stereocenters. The SMILES string of the molecule is Cc1c(C)c(C)c(C(O)CC2CCCC2)c(C)c1C. The molecule has 1 atom stereocenters. The summed E-state index contributed by atoms with van der Waals surface area (Å²) in [4.78, 5) is 0. The molecule has 2 rings (SSSR count). The molecule has 0 saturated heterocycles. The number of aliphatic hydroxyl groups excluding tert-OH is 1. The Labute approximate surface area is 118 Å². The molecule has 1 aromatic carbocycles. The standard InChI is InChI=1S/C18H28O/c1-11-12(2)14(4)18(15(5)13(11)3)17(19)10-16-8-6-7-9-16/h16-17,19H,6-10H2,1-5H3.